The highest BCUT2D eigenvalue weighted by atomic mass is 35.5. The molecule has 0 aliphatic heterocycles. The van der Waals surface area contributed by atoms with Gasteiger partial charge in [0.25, 0.3) is 5.91 Å². The summed E-state index contributed by atoms with van der Waals surface area (Å²) in [6, 6.07) is 16.8. The Labute approximate surface area is 149 Å². The van der Waals surface area contributed by atoms with Gasteiger partial charge in [-0.05, 0) is 35.9 Å². The van der Waals surface area contributed by atoms with Gasteiger partial charge in [0.2, 0.25) is 0 Å². The number of pyridine rings is 1. The average molecular weight is 356 g/mol. The molecule has 0 saturated heterocycles. The van der Waals surface area contributed by atoms with Crippen LogP contribution in [0.5, 0.6) is 0 Å². The Bertz CT molecular complexity index is 884. The number of anilines is 2. The molecule has 0 bridgehead atoms. The lowest BCUT2D eigenvalue weighted by Gasteiger charge is -2.09. The number of halogens is 2. The van der Waals surface area contributed by atoms with E-state index in [2.05, 4.69) is 15.6 Å². The van der Waals surface area contributed by atoms with E-state index in [1.807, 2.05) is 24.3 Å². The van der Waals surface area contributed by atoms with Crippen LogP contribution < -0.4 is 10.6 Å². The minimum absolute atomic E-state index is 0.0229. The van der Waals surface area contributed by atoms with Gasteiger partial charge in [-0.25, -0.2) is 9.37 Å². The third-order valence-corrected chi connectivity index (χ3v) is 3.93. The largest absolute Gasteiger partial charge is 0.380 e. The summed E-state index contributed by atoms with van der Waals surface area (Å²) in [6.07, 6.45) is 1.59. The molecule has 0 fully saturated rings. The number of aromatic nitrogens is 1. The van der Waals surface area contributed by atoms with Crippen LogP contribution in [0.2, 0.25) is 5.02 Å². The van der Waals surface area contributed by atoms with E-state index < -0.39 is 11.7 Å². The zero-order valence-electron chi connectivity index (χ0n) is 13.2. The van der Waals surface area contributed by atoms with Crippen molar-refractivity contribution in [1.82, 2.24) is 4.98 Å². The molecule has 1 amide bonds. The maximum absolute atomic E-state index is 13.6. The van der Waals surface area contributed by atoms with Crippen LogP contribution in [0.3, 0.4) is 0 Å². The lowest BCUT2D eigenvalue weighted by atomic mass is 10.2. The summed E-state index contributed by atoms with van der Waals surface area (Å²) >= 11 is 6.11. The Morgan fingerprint density at radius 2 is 1.80 bits per heavy atom. The zero-order chi connectivity index (χ0) is 17.6. The monoisotopic (exact) mass is 355 g/mol. The van der Waals surface area contributed by atoms with E-state index in [0.717, 1.165) is 11.3 Å². The SMILES string of the molecule is O=C(Nc1ccc(NCc2ccccc2Cl)cn1)c1ccccc1F. The standard InChI is InChI=1S/C19H15ClFN3O/c20-16-7-3-1-5-13(16)11-22-14-9-10-18(23-12-14)24-19(25)15-6-2-4-8-17(15)21/h1-10,12,22H,11H2,(H,23,24,25). The average Bonchev–Trinajstić information content (AvgIpc) is 2.62. The van der Waals surface area contributed by atoms with Gasteiger partial charge < -0.3 is 10.6 Å². The second-order valence-electron chi connectivity index (χ2n) is 5.31. The fourth-order valence-electron chi connectivity index (χ4n) is 2.24. The molecule has 1 aromatic heterocycles. The Balaban J connectivity index is 1.62. The van der Waals surface area contributed by atoms with Crippen molar-refractivity contribution >= 4 is 29.0 Å². The molecule has 3 rings (SSSR count). The molecular formula is C19H15ClFN3O. The van der Waals surface area contributed by atoms with Crippen molar-refractivity contribution in [3.05, 3.63) is 88.8 Å². The summed E-state index contributed by atoms with van der Waals surface area (Å²) in [5.41, 5.74) is 1.73. The van der Waals surface area contributed by atoms with Crippen LogP contribution in [0.25, 0.3) is 0 Å². The molecule has 0 spiro atoms. The fraction of sp³-hybridized carbons (Fsp3) is 0.0526. The number of nitrogens with one attached hydrogen (secondary N) is 2. The predicted molar refractivity (Wildman–Crippen MR) is 97.4 cm³/mol. The van der Waals surface area contributed by atoms with Crippen LogP contribution in [0, 0.1) is 5.82 Å². The Kier molecular flexibility index (Phi) is 5.26. The van der Waals surface area contributed by atoms with Gasteiger partial charge >= 0.3 is 0 Å². The number of hydrogen-bond acceptors (Lipinski definition) is 3. The third kappa shape index (κ3) is 4.33. The Hall–Kier alpha value is -2.92. The van der Waals surface area contributed by atoms with Crippen molar-refractivity contribution in [2.45, 2.75) is 6.54 Å². The molecule has 0 saturated carbocycles. The molecule has 3 aromatic rings. The van der Waals surface area contributed by atoms with E-state index >= 15 is 0 Å². The zero-order valence-corrected chi connectivity index (χ0v) is 13.9. The lowest BCUT2D eigenvalue weighted by molar-refractivity contribution is 0.102. The van der Waals surface area contributed by atoms with Crippen LogP contribution in [0.15, 0.2) is 66.9 Å². The van der Waals surface area contributed by atoms with Gasteiger partial charge in [-0.15, -0.1) is 0 Å². The highest BCUT2D eigenvalue weighted by Crippen LogP contribution is 2.17. The van der Waals surface area contributed by atoms with Crippen LogP contribution in [0.4, 0.5) is 15.9 Å². The Morgan fingerprint density at radius 1 is 1.04 bits per heavy atom. The highest BCUT2D eigenvalue weighted by Gasteiger charge is 2.11. The number of benzene rings is 2. The van der Waals surface area contributed by atoms with Crippen LogP contribution >= 0.6 is 11.6 Å². The van der Waals surface area contributed by atoms with Gasteiger partial charge in [0, 0.05) is 11.6 Å². The number of nitrogens with zero attached hydrogens (tertiary/aromatic N) is 1. The number of carbonyl (C=O) groups is 1. The maximum Gasteiger partial charge on any atom is 0.259 e. The molecule has 1 heterocycles. The summed E-state index contributed by atoms with van der Waals surface area (Å²) in [5, 5.41) is 6.47. The van der Waals surface area contributed by atoms with Crippen molar-refractivity contribution in [1.29, 1.82) is 0 Å². The van der Waals surface area contributed by atoms with Crippen LogP contribution in [-0.4, -0.2) is 10.9 Å². The summed E-state index contributed by atoms with van der Waals surface area (Å²) < 4.78 is 13.6. The molecule has 126 valence electrons. The van der Waals surface area contributed by atoms with E-state index in [0.29, 0.717) is 17.4 Å². The summed E-state index contributed by atoms with van der Waals surface area (Å²) in [5.74, 6) is -0.767. The van der Waals surface area contributed by atoms with Crippen molar-refractivity contribution in [3.8, 4) is 0 Å². The quantitative estimate of drug-likeness (QED) is 0.695. The second-order valence-corrected chi connectivity index (χ2v) is 5.72. The van der Waals surface area contributed by atoms with Crippen LogP contribution in [-0.2, 0) is 6.54 Å². The minimum Gasteiger partial charge on any atom is -0.380 e. The van der Waals surface area contributed by atoms with Gasteiger partial charge in [0.1, 0.15) is 11.6 Å². The minimum atomic E-state index is -0.571. The first-order chi connectivity index (χ1) is 12.1. The molecule has 0 aliphatic rings. The van der Waals surface area contributed by atoms with Gasteiger partial charge in [0.15, 0.2) is 0 Å². The van der Waals surface area contributed by atoms with Gasteiger partial charge in [-0.1, -0.05) is 41.9 Å². The van der Waals surface area contributed by atoms with Gasteiger partial charge in [-0.2, -0.15) is 0 Å². The summed E-state index contributed by atoms with van der Waals surface area (Å²) in [7, 11) is 0. The Morgan fingerprint density at radius 3 is 2.52 bits per heavy atom. The van der Waals surface area contributed by atoms with E-state index in [-0.39, 0.29) is 5.56 Å². The number of rotatable bonds is 5. The molecular weight excluding hydrogens is 341 g/mol. The molecule has 4 nitrogen and oxygen atoms in total. The second kappa shape index (κ2) is 7.77. The van der Waals surface area contributed by atoms with E-state index in [4.69, 9.17) is 11.6 Å². The van der Waals surface area contributed by atoms with Crippen molar-refractivity contribution < 1.29 is 9.18 Å². The van der Waals surface area contributed by atoms with E-state index in [1.54, 1.807) is 24.4 Å². The summed E-state index contributed by atoms with van der Waals surface area (Å²) in [4.78, 5) is 16.2. The summed E-state index contributed by atoms with van der Waals surface area (Å²) in [6.45, 7) is 0.558. The fourth-order valence-corrected chi connectivity index (χ4v) is 2.44. The lowest BCUT2D eigenvalue weighted by Crippen LogP contribution is -2.14. The van der Waals surface area contributed by atoms with Crippen molar-refractivity contribution in [2.75, 3.05) is 10.6 Å². The van der Waals surface area contributed by atoms with E-state index in [9.17, 15) is 9.18 Å². The van der Waals surface area contributed by atoms with Gasteiger partial charge in [0.05, 0.1) is 17.4 Å². The normalized spacial score (nSPS) is 10.3. The van der Waals surface area contributed by atoms with Gasteiger partial charge in [-0.3, -0.25) is 4.79 Å². The molecule has 6 heteroatoms. The first-order valence-electron chi connectivity index (χ1n) is 7.63. The first-order valence-corrected chi connectivity index (χ1v) is 8.00. The number of amides is 1. The topological polar surface area (TPSA) is 54.0 Å². The number of carbonyl (C=O) groups excluding carboxylic acids is 1. The van der Waals surface area contributed by atoms with Crippen LogP contribution in [0.1, 0.15) is 15.9 Å². The molecule has 25 heavy (non-hydrogen) atoms. The first kappa shape index (κ1) is 16.9. The molecule has 0 atom stereocenters. The molecule has 0 unspecified atom stereocenters. The van der Waals surface area contributed by atoms with Crippen molar-refractivity contribution in [3.63, 3.8) is 0 Å². The number of hydrogen-bond donors (Lipinski definition) is 2. The highest BCUT2D eigenvalue weighted by molar-refractivity contribution is 6.31. The molecule has 0 aliphatic carbocycles. The molecule has 2 N–H and O–H groups in total. The predicted octanol–water partition coefficient (Wildman–Crippen LogP) is 4.74. The van der Waals surface area contributed by atoms with E-state index in [1.165, 1.54) is 18.2 Å². The molecule has 0 radical (unpaired) electrons. The molecule has 2 aromatic carbocycles. The van der Waals surface area contributed by atoms with Crippen molar-refractivity contribution in [2.24, 2.45) is 0 Å². The third-order valence-electron chi connectivity index (χ3n) is 3.56. The maximum atomic E-state index is 13.6. The smallest absolute Gasteiger partial charge is 0.259 e.